The van der Waals surface area contributed by atoms with Gasteiger partial charge in [-0.25, -0.2) is 15.0 Å². The van der Waals surface area contributed by atoms with Crippen molar-refractivity contribution in [2.24, 2.45) is 0 Å². The van der Waals surface area contributed by atoms with Crippen molar-refractivity contribution in [1.29, 1.82) is 0 Å². The third-order valence-electron chi connectivity index (χ3n) is 3.71. The van der Waals surface area contributed by atoms with Gasteiger partial charge in [0.25, 0.3) is 0 Å². The van der Waals surface area contributed by atoms with Crippen LogP contribution in [0.4, 0.5) is 0 Å². The minimum absolute atomic E-state index is 0.580. The predicted octanol–water partition coefficient (Wildman–Crippen LogP) is 5.74. The molecule has 0 bridgehead atoms. The van der Waals surface area contributed by atoms with E-state index in [-0.39, 0.29) is 0 Å². The second-order valence-electron chi connectivity index (χ2n) is 6.17. The molecule has 0 radical (unpaired) electrons. The Morgan fingerprint density at radius 1 is 0.769 bits per heavy atom. The second kappa shape index (κ2) is 8.17. The summed E-state index contributed by atoms with van der Waals surface area (Å²) in [6, 6.07) is 19.8. The highest BCUT2D eigenvalue weighted by Gasteiger charge is 2.11. The monoisotopic (exact) mass is 339 g/mol. The Morgan fingerprint density at radius 3 is 1.73 bits per heavy atom. The van der Waals surface area contributed by atoms with Crippen molar-refractivity contribution >= 4 is 5.57 Å². The molecule has 0 spiro atoms. The van der Waals surface area contributed by atoms with Crippen molar-refractivity contribution in [3.8, 4) is 22.8 Å². The van der Waals surface area contributed by atoms with Gasteiger partial charge in [0.2, 0.25) is 0 Å². The van der Waals surface area contributed by atoms with E-state index >= 15 is 0 Å². The van der Waals surface area contributed by atoms with Gasteiger partial charge in [-0.15, -0.1) is 0 Å². The summed E-state index contributed by atoms with van der Waals surface area (Å²) in [5.41, 5.74) is 3.88. The highest BCUT2D eigenvalue weighted by Crippen LogP contribution is 2.22. The summed E-state index contributed by atoms with van der Waals surface area (Å²) in [5.74, 6) is 1.87. The summed E-state index contributed by atoms with van der Waals surface area (Å²) in [4.78, 5) is 13.9. The molecule has 0 aliphatic rings. The fourth-order valence-electron chi connectivity index (χ4n) is 2.38. The van der Waals surface area contributed by atoms with Crippen LogP contribution < -0.4 is 0 Å². The summed E-state index contributed by atoms with van der Waals surface area (Å²) in [5, 5.41) is 0. The Bertz CT molecular complexity index is 894. The molecular formula is C23H21N3. The second-order valence-corrected chi connectivity index (χ2v) is 6.17. The molecule has 2 aromatic carbocycles. The zero-order valence-corrected chi connectivity index (χ0v) is 15.1. The maximum atomic E-state index is 4.67. The zero-order valence-electron chi connectivity index (χ0n) is 15.1. The van der Waals surface area contributed by atoms with Crippen LogP contribution in [0.3, 0.4) is 0 Å². The van der Waals surface area contributed by atoms with Gasteiger partial charge in [-0.3, -0.25) is 0 Å². The number of allylic oxidation sites excluding steroid dienone is 5. The summed E-state index contributed by atoms with van der Waals surface area (Å²) >= 11 is 0. The zero-order chi connectivity index (χ0) is 18.4. The van der Waals surface area contributed by atoms with Crippen LogP contribution in [-0.4, -0.2) is 15.0 Å². The molecule has 0 atom stereocenters. The van der Waals surface area contributed by atoms with Crippen LogP contribution in [0.1, 0.15) is 19.7 Å². The first-order valence-corrected chi connectivity index (χ1v) is 8.51. The van der Waals surface area contributed by atoms with Gasteiger partial charge in [0.1, 0.15) is 0 Å². The fraction of sp³-hybridized carbons (Fsp3) is 0.0870. The lowest BCUT2D eigenvalue weighted by Crippen LogP contribution is -2.01. The summed E-state index contributed by atoms with van der Waals surface area (Å²) < 4.78 is 0. The van der Waals surface area contributed by atoms with Crippen LogP contribution in [0, 0.1) is 0 Å². The van der Waals surface area contributed by atoms with E-state index in [1.54, 1.807) is 0 Å². The SMILES string of the molecule is C=C(/C=C\C=C(C)C)c1nc(-c2ccccc2)nc(-c2ccccc2)n1. The third kappa shape index (κ3) is 4.39. The van der Waals surface area contributed by atoms with Crippen molar-refractivity contribution in [2.45, 2.75) is 13.8 Å². The fourth-order valence-corrected chi connectivity index (χ4v) is 2.38. The van der Waals surface area contributed by atoms with Crippen molar-refractivity contribution in [1.82, 2.24) is 15.0 Å². The molecular weight excluding hydrogens is 318 g/mol. The minimum Gasteiger partial charge on any atom is -0.208 e. The maximum Gasteiger partial charge on any atom is 0.164 e. The minimum atomic E-state index is 0.580. The van der Waals surface area contributed by atoms with Gasteiger partial charge >= 0.3 is 0 Å². The van der Waals surface area contributed by atoms with Gasteiger partial charge < -0.3 is 0 Å². The molecule has 0 saturated heterocycles. The lowest BCUT2D eigenvalue weighted by Gasteiger charge is -2.08. The lowest BCUT2D eigenvalue weighted by molar-refractivity contribution is 1.04. The summed E-state index contributed by atoms with van der Waals surface area (Å²) in [7, 11) is 0. The molecule has 0 aliphatic heterocycles. The molecule has 3 heteroatoms. The molecule has 0 amide bonds. The van der Waals surface area contributed by atoms with E-state index in [0.29, 0.717) is 17.5 Å². The summed E-state index contributed by atoms with van der Waals surface area (Å²) in [6.07, 6.45) is 5.92. The topological polar surface area (TPSA) is 38.7 Å². The largest absolute Gasteiger partial charge is 0.208 e. The first-order valence-electron chi connectivity index (χ1n) is 8.51. The molecule has 3 aromatic rings. The van der Waals surface area contributed by atoms with Crippen LogP contribution >= 0.6 is 0 Å². The van der Waals surface area contributed by atoms with Crippen LogP contribution in [0.15, 0.2) is 91.0 Å². The number of benzene rings is 2. The van der Waals surface area contributed by atoms with E-state index in [4.69, 9.17) is 0 Å². The highest BCUT2D eigenvalue weighted by molar-refractivity contribution is 5.71. The van der Waals surface area contributed by atoms with E-state index in [2.05, 4.69) is 35.4 Å². The molecule has 0 aliphatic carbocycles. The Balaban J connectivity index is 2.08. The smallest absolute Gasteiger partial charge is 0.164 e. The number of hydrogen-bond acceptors (Lipinski definition) is 3. The van der Waals surface area contributed by atoms with E-state index in [1.165, 1.54) is 5.57 Å². The molecule has 0 unspecified atom stereocenters. The molecule has 1 aromatic heterocycles. The van der Waals surface area contributed by atoms with Crippen LogP contribution in [0.5, 0.6) is 0 Å². The van der Waals surface area contributed by atoms with Crippen molar-refractivity contribution in [3.05, 3.63) is 96.9 Å². The number of aromatic nitrogens is 3. The van der Waals surface area contributed by atoms with Gasteiger partial charge in [0, 0.05) is 16.7 Å². The Morgan fingerprint density at radius 2 is 1.27 bits per heavy atom. The van der Waals surface area contributed by atoms with Gasteiger partial charge in [-0.2, -0.15) is 0 Å². The van der Waals surface area contributed by atoms with Crippen LogP contribution in [0.25, 0.3) is 28.3 Å². The van der Waals surface area contributed by atoms with Gasteiger partial charge in [-0.05, 0) is 13.8 Å². The first-order chi connectivity index (χ1) is 12.6. The predicted molar refractivity (Wildman–Crippen MR) is 108 cm³/mol. The van der Waals surface area contributed by atoms with E-state index < -0.39 is 0 Å². The number of rotatable bonds is 5. The Kier molecular flexibility index (Phi) is 5.49. The van der Waals surface area contributed by atoms with Crippen molar-refractivity contribution in [3.63, 3.8) is 0 Å². The first kappa shape index (κ1) is 17.5. The Hall–Kier alpha value is -3.33. The molecule has 3 rings (SSSR count). The van der Waals surface area contributed by atoms with Crippen LogP contribution in [-0.2, 0) is 0 Å². The molecule has 0 N–H and O–H groups in total. The Labute approximate surface area is 154 Å². The number of nitrogens with zero attached hydrogens (tertiary/aromatic N) is 3. The molecule has 128 valence electrons. The standard InChI is InChI=1S/C23H21N3/c1-17(2)11-10-12-18(3)21-24-22(19-13-6-4-7-14-19)26-23(25-21)20-15-8-5-9-16-20/h4-16H,3H2,1-2H3/b12-10-. The molecule has 1 heterocycles. The molecule has 0 fully saturated rings. The molecule has 0 saturated carbocycles. The average Bonchev–Trinajstić information content (AvgIpc) is 2.68. The highest BCUT2D eigenvalue weighted by atomic mass is 15.0. The molecule has 26 heavy (non-hydrogen) atoms. The third-order valence-corrected chi connectivity index (χ3v) is 3.71. The van der Waals surface area contributed by atoms with Crippen molar-refractivity contribution in [2.75, 3.05) is 0 Å². The van der Waals surface area contributed by atoms with E-state index in [9.17, 15) is 0 Å². The van der Waals surface area contributed by atoms with E-state index in [0.717, 1.165) is 16.7 Å². The summed E-state index contributed by atoms with van der Waals surface area (Å²) in [6.45, 7) is 8.23. The van der Waals surface area contributed by atoms with Crippen molar-refractivity contribution < 1.29 is 0 Å². The lowest BCUT2D eigenvalue weighted by atomic mass is 10.1. The van der Waals surface area contributed by atoms with Gasteiger partial charge in [0.05, 0.1) is 0 Å². The average molecular weight is 339 g/mol. The number of hydrogen-bond donors (Lipinski definition) is 0. The van der Waals surface area contributed by atoms with E-state index in [1.807, 2.05) is 78.9 Å². The maximum absolute atomic E-state index is 4.67. The molecule has 3 nitrogen and oxygen atoms in total. The van der Waals surface area contributed by atoms with Gasteiger partial charge in [-0.1, -0.05) is 91.0 Å². The normalized spacial score (nSPS) is 10.7. The quantitative estimate of drug-likeness (QED) is 0.556. The van der Waals surface area contributed by atoms with Crippen LogP contribution in [0.2, 0.25) is 0 Å². The van der Waals surface area contributed by atoms with Gasteiger partial charge in [0.15, 0.2) is 17.5 Å².